The van der Waals surface area contributed by atoms with Gasteiger partial charge in [-0.25, -0.2) is 0 Å². The van der Waals surface area contributed by atoms with Gasteiger partial charge in [-0.3, -0.25) is 9.59 Å². The quantitative estimate of drug-likeness (QED) is 0.516. The van der Waals surface area contributed by atoms with Gasteiger partial charge in [-0.2, -0.15) is 0 Å². The number of likely N-dealkylation sites (N-methyl/N-ethyl adjacent to an activating group) is 1. The molecule has 0 fully saturated rings. The predicted octanol–water partition coefficient (Wildman–Crippen LogP) is 0.195. The van der Waals surface area contributed by atoms with Gasteiger partial charge in [0, 0.05) is 19.1 Å². The summed E-state index contributed by atoms with van der Waals surface area (Å²) in [6.45, 7) is 0.868. The molecule has 14 heavy (non-hydrogen) atoms. The summed E-state index contributed by atoms with van der Waals surface area (Å²) in [4.78, 5) is 23.0. The molecule has 0 saturated carbocycles. The van der Waals surface area contributed by atoms with Gasteiger partial charge < -0.3 is 15.5 Å². The van der Waals surface area contributed by atoms with Crippen molar-refractivity contribution in [2.45, 2.75) is 6.04 Å². The van der Waals surface area contributed by atoms with Gasteiger partial charge in [-0.05, 0) is 14.1 Å². The van der Waals surface area contributed by atoms with Gasteiger partial charge >= 0.3 is 0 Å². The van der Waals surface area contributed by atoms with Crippen LogP contribution in [0.4, 0.5) is 9.59 Å². The van der Waals surface area contributed by atoms with Gasteiger partial charge in [0.25, 0.3) is 10.5 Å². The molecule has 0 aromatic rings. The fourth-order valence-electron chi connectivity index (χ4n) is 0.848. The summed E-state index contributed by atoms with van der Waals surface area (Å²) in [7, 11) is 3.72. The van der Waals surface area contributed by atoms with Crippen LogP contribution in [-0.2, 0) is 0 Å². The number of nitrogens with one attached hydrogen (secondary N) is 2. The number of thiol groups is 2. The topological polar surface area (TPSA) is 61.4 Å². The summed E-state index contributed by atoms with van der Waals surface area (Å²) >= 11 is 7.16. The molecule has 0 saturated heterocycles. The standard InChI is InChI=1S/C7H15N3O2S2/c1-10(2)5(3-8-6(11)13)4-9-7(12)14/h5H,3-4H2,1-2H3,(H2,8,11,13)(H2,9,12,14). The molecule has 7 heteroatoms. The molecular formula is C7H15N3O2S2. The minimum Gasteiger partial charge on any atom is -0.346 e. The lowest BCUT2D eigenvalue weighted by atomic mass is 10.2. The van der Waals surface area contributed by atoms with Crippen LogP contribution < -0.4 is 10.6 Å². The highest BCUT2D eigenvalue weighted by molar-refractivity contribution is 7.96. The number of rotatable bonds is 5. The molecule has 0 spiro atoms. The highest BCUT2D eigenvalue weighted by atomic mass is 32.1. The van der Waals surface area contributed by atoms with E-state index in [-0.39, 0.29) is 16.5 Å². The molecule has 2 amide bonds. The van der Waals surface area contributed by atoms with E-state index in [0.717, 1.165) is 0 Å². The van der Waals surface area contributed by atoms with Crippen molar-refractivity contribution in [2.24, 2.45) is 0 Å². The molecule has 0 heterocycles. The lowest BCUT2D eigenvalue weighted by Crippen LogP contribution is -2.45. The third-order valence-electron chi connectivity index (χ3n) is 1.71. The minimum absolute atomic E-state index is 0.0298. The number of carbonyl (C=O) groups excluding carboxylic acids is 2. The number of carbonyl (C=O) groups is 2. The maximum Gasteiger partial charge on any atom is 0.276 e. The summed E-state index contributed by atoms with van der Waals surface area (Å²) in [6, 6.07) is 0.0298. The van der Waals surface area contributed by atoms with Crippen LogP contribution in [-0.4, -0.2) is 48.6 Å². The molecule has 0 radical (unpaired) electrons. The smallest absolute Gasteiger partial charge is 0.276 e. The molecule has 0 atom stereocenters. The fourth-order valence-corrected chi connectivity index (χ4v) is 1.03. The molecule has 0 unspecified atom stereocenters. The number of hydrogen-bond donors (Lipinski definition) is 4. The normalized spacial score (nSPS) is 10.4. The van der Waals surface area contributed by atoms with Crippen LogP contribution in [0.15, 0.2) is 0 Å². The molecule has 0 rings (SSSR count). The highest BCUT2D eigenvalue weighted by Gasteiger charge is 2.12. The van der Waals surface area contributed by atoms with Gasteiger partial charge in [0.05, 0.1) is 0 Å². The summed E-state index contributed by atoms with van der Waals surface area (Å²) in [6.07, 6.45) is 0. The first-order valence-corrected chi connectivity index (χ1v) is 4.93. The predicted molar refractivity (Wildman–Crippen MR) is 62.2 cm³/mol. The Hall–Kier alpha value is -0.400. The average Bonchev–Trinajstić information content (AvgIpc) is 2.02. The SMILES string of the molecule is CN(C)C(CNC(=O)S)CNC(=O)S. The van der Waals surface area contributed by atoms with E-state index in [9.17, 15) is 9.59 Å². The second kappa shape index (κ2) is 6.97. The van der Waals surface area contributed by atoms with Crippen molar-refractivity contribution in [3.8, 4) is 0 Å². The Balaban J connectivity index is 3.89. The first-order chi connectivity index (χ1) is 6.43. The van der Waals surface area contributed by atoms with Gasteiger partial charge in [0.15, 0.2) is 0 Å². The van der Waals surface area contributed by atoms with Gasteiger partial charge in [0.2, 0.25) is 0 Å². The van der Waals surface area contributed by atoms with E-state index >= 15 is 0 Å². The molecule has 0 bridgehead atoms. The van der Waals surface area contributed by atoms with Crippen molar-refractivity contribution in [1.29, 1.82) is 0 Å². The highest BCUT2D eigenvalue weighted by Crippen LogP contribution is 1.91. The summed E-state index contributed by atoms with van der Waals surface area (Å²) in [5.41, 5.74) is 0. The Labute approximate surface area is 94.4 Å². The van der Waals surface area contributed by atoms with Crippen LogP contribution in [0.5, 0.6) is 0 Å². The zero-order chi connectivity index (χ0) is 11.1. The van der Waals surface area contributed by atoms with E-state index < -0.39 is 0 Å². The van der Waals surface area contributed by atoms with Crippen LogP contribution >= 0.6 is 25.3 Å². The third-order valence-corrected chi connectivity index (χ3v) is 2.02. The van der Waals surface area contributed by atoms with E-state index in [1.165, 1.54) is 0 Å². The molecular weight excluding hydrogens is 222 g/mol. The molecule has 0 aromatic carbocycles. The summed E-state index contributed by atoms with van der Waals surface area (Å²) < 4.78 is 0. The summed E-state index contributed by atoms with van der Waals surface area (Å²) in [5.74, 6) is 0. The summed E-state index contributed by atoms with van der Waals surface area (Å²) in [5, 5.41) is 4.36. The minimum atomic E-state index is -0.381. The molecule has 5 nitrogen and oxygen atoms in total. The molecule has 0 aromatic heterocycles. The lowest BCUT2D eigenvalue weighted by molar-refractivity contribution is 0.243. The molecule has 0 aliphatic rings. The van der Waals surface area contributed by atoms with Crippen molar-refractivity contribution < 1.29 is 9.59 Å². The second-order valence-corrected chi connectivity index (χ2v) is 3.80. The zero-order valence-corrected chi connectivity index (χ0v) is 9.94. The van der Waals surface area contributed by atoms with Gasteiger partial charge in [0.1, 0.15) is 0 Å². The number of nitrogens with zero attached hydrogens (tertiary/aromatic N) is 1. The largest absolute Gasteiger partial charge is 0.346 e. The Kier molecular flexibility index (Phi) is 6.77. The average molecular weight is 237 g/mol. The molecule has 0 aliphatic carbocycles. The van der Waals surface area contributed by atoms with Crippen LogP contribution in [0.1, 0.15) is 0 Å². The second-order valence-electron chi connectivity index (χ2n) is 2.99. The van der Waals surface area contributed by atoms with Crippen molar-refractivity contribution >= 4 is 35.7 Å². The van der Waals surface area contributed by atoms with Gasteiger partial charge in [-0.1, -0.05) is 25.3 Å². The maximum absolute atomic E-state index is 10.5. The maximum atomic E-state index is 10.5. The van der Waals surface area contributed by atoms with E-state index in [1.807, 2.05) is 19.0 Å². The lowest BCUT2D eigenvalue weighted by Gasteiger charge is -2.24. The van der Waals surface area contributed by atoms with Crippen LogP contribution in [0.3, 0.4) is 0 Å². The Morgan fingerprint density at radius 3 is 1.71 bits per heavy atom. The number of amides is 2. The van der Waals surface area contributed by atoms with E-state index in [1.54, 1.807) is 0 Å². The first-order valence-electron chi connectivity index (χ1n) is 4.03. The number of hydrogen-bond acceptors (Lipinski definition) is 3. The Morgan fingerprint density at radius 1 is 1.14 bits per heavy atom. The monoisotopic (exact) mass is 237 g/mol. The van der Waals surface area contributed by atoms with E-state index in [2.05, 4.69) is 35.9 Å². The van der Waals surface area contributed by atoms with Crippen LogP contribution in [0.25, 0.3) is 0 Å². The third kappa shape index (κ3) is 7.05. The van der Waals surface area contributed by atoms with Gasteiger partial charge in [-0.15, -0.1) is 0 Å². The Bertz CT molecular complexity index is 193. The van der Waals surface area contributed by atoms with E-state index in [4.69, 9.17) is 0 Å². The van der Waals surface area contributed by atoms with Crippen molar-refractivity contribution in [3.05, 3.63) is 0 Å². The molecule has 2 N–H and O–H groups in total. The van der Waals surface area contributed by atoms with Crippen LogP contribution in [0, 0.1) is 0 Å². The van der Waals surface area contributed by atoms with Crippen molar-refractivity contribution in [1.82, 2.24) is 15.5 Å². The molecule has 82 valence electrons. The van der Waals surface area contributed by atoms with E-state index in [0.29, 0.717) is 13.1 Å². The zero-order valence-electron chi connectivity index (χ0n) is 8.15. The van der Waals surface area contributed by atoms with Crippen molar-refractivity contribution in [2.75, 3.05) is 27.2 Å². The fraction of sp³-hybridized carbons (Fsp3) is 0.714. The van der Waals surface area contributed by atoms with Crippen molar-refractivity contribution in [3.63, 3.8) is 0 Å². The Morgan fingerprint density at radius 2 is 1.50 bits per heavy atom. The molecule has 0 aliphatic heterocycles. The van der Waals surface area contributed by atoms with Crippen LogP contribution in [0.2, 0.25) is 0 Å². The first kappa shape index (κ1) is 13.6.